The third kappa shape index (κ3) is 7.94. The highest BCUT2D eigenvalue weighted by atomic mass is 16.4. The van der Waals surface area contributed by atoms with Crippen LogP contribution in [0.25, 0.3) is 0 Å². The number of rotatable bonds is 12. The van der Waals surface area contributed by atoms with E-state index in [0.29, 0.717) is 19.4 Å². The fourth-order valence-electron chi connectivity index (χ4n) is 4.08. The molecule has 4 unspecified atom stereocenters. The molecule has 1 aromatic rings. The maximum atomic E-state index is 13.1. The Labute approximate surface area is 209 Å². The lowest BCUT2D eigenvalue weighted by molar-refractivity contribution is -0.144. The molecule has 2 rings (SSSR count). The zero-order chi connectivity index (χ0) is 27.0. The van der Waals surface area contributed by atoms with Crippen LogP contribution in [0.1, 0.15) is 45.1 Å². The molecule has 198 valence electrons. The van der Waals surface area contributed by atoms with Crippen LogP contribution in [-0.2, 0) is 30.4 Å². The number of aliphatic carboxylic acids is 1. The van der Waals surface area contributed by atoms with E-state index < -0.39 is 59.7 Å². The second-order valence-electron chi connectivity index (χ2n) is 9.30. The number of phenolic OH excluding ortho intramolecular Hbond substituents is 1. The van der Waals surface area contributed by atoms with Crippen molar-refractivity contribution in [3.05, 3.63) is 29.8 Å². The van der Waals surface area contributed by atoms with Gasteiger partial charge in [-0.2, -0.15) is 0 Å². The minimum absolute atomic E-state index is 0.0907. The molecule has 36 heavy (non-hydrogen) atoms. The Balaban J connectivity index is 2.10. The SMILES string of the molecule is CC(C)C(NC(=O)C(CCC(N)=O)NC(=O)C1CCCN1C(=O)C(N)Cc1ccc(O)cc1)C(=O)O. The Morgan fingerprint density at radius 2 is 1.75 bits per heavy atom. The van der Waals surface area contributed by atoms with Crippen LogP contribution in [0.5, 0.6) is 5.75 Å². The standard InChI is InChI=1S/C24H35N5O7/c1-13(2)20(24(35)36)28-21(32)17(9-10-19(26)31)27-22(33)18-4-3-11-29(18)23(34)16(25)12-14-5-7-15(30)8-6-14/h5-8,13,16-18,20,30H,3-4,9-12,25H2,1-2H3,(H2,26,31)(H,27,33)(H,28,32)(H,35,36). The monoisotopic (exact) mass is 505 g/mol. The molecule has 0 radical (unpaired) electrons. The summed E-state index contributed by atoms with van der Waals surface area (Å²) in [4.78, 5) is 63.1. The van der Waals surface area contributed by atoms with E-state index in [9.17, 15) is 34.2 Å². The maximum absolute atomic E-state index is 13.1. The zero-order valence-electron chi connectivity index (χ0n) is 20.5. The number of nitrogens with two attached hydrogens (primary N) is 2. The highest BCUT2D eigenvalue weighted by Crippen LogP contribution is 2.20. The molecule has 12 nitrogen and oxygen atoms in total. The summed E-state index contributed by atoms with van der Waals surface area (Å²) >= 11 is 0. The van der Waals surface area contributed by atoms with Crippen molar-refractivity contribution in [3.63, 3.8) is 0 Å². The molecule has 1 heterocycles. The second-order valence-corrected chi connectivity index (χ2v) is 9.30. The summed E-state index contributed by atoms with van der Waals surface area (Å²) in [5.74, 6) is -4.02. The second kappa shape index (κ2) is 12.9. The number of carbonyl (C=O) groups excluding carboxylic acids is 4. The van der Waals surface area contributed by atoms with Gasteiger partial charge in [0.15, 0.2) is 0 Å². The van der Waals surface area contributed by atoms with Crippen molar-refractivity contribution < 1.29 is 34.2 Å². The number of nitrogens with one attached hydrogen (secondary N) is 2. The Kier molecular flexibility index (Phi) is 10.2. The molecule has 1 aliphatic rings. The molecule has 1 aliphatic heterocycles. The molecule has 0 saturated carbocycles. The molecule has 0 aromatic heterocycles. The normalized spacial score (nSPS) is 17.8. The third-order valence-corrected chi connectivity index (χ3v) is 6.09. The van der Waals surface area contributed by atoms with Crippen LogP contribution in [0, 0.1) is 5.92 Å². The first-order valence-electron chi connectivity index (χ1n) is 11.9. The van der Waals surface area contributed by atoms with E-state index in [1.807, 2.05) is 0 Å². The maximum Gasteiger partial charge on any atom is 0.326 e. The van der Waals surface area contributed by atoms with Crippen molar-refractivity contribution in [1.82, 2.24) is 15.5 Å². The first-order valence-corrected chi connectivity index (χ1v) is 11.9. The quantitative estimate of drug-likeness (QED) is 0.212. The van der Waals surface area contributed by atoms with Crippen LogP contribution < -0.4 is 22.1 Å². The van der Waals surface area contributed by atoms with Gasteiger partial charge >= 0.3 is 5.97 Å². The van der Waals surface area contributed by atoms with Gasteiger partial charge in [-0.1, -0.05) is 26.0 Å². The van der Waals surface area contributed by atoms with Crippen LogP contribution in [-0.4, -0.2) is 75.4 Å². The summed E-state index contributed by atoms with van der Waals surface area (Å²) in [6.07, 6.45) is 0.792. The molecular weight excluding hydrogens is 470 g/mol. The van der Waals surface area contributed by atoms with Crippen molar-refractivity contribution >= 4 is 29.6 Å². The van der Waals surface area contributed by atoms with Crippen LogP contribution in [0.3, 0.4) is 0 Å². The van der Waals surface area contributed by atoms with Gasteiger partial charge in [0.25, 0.3) is 0 Å². The lowest BCUT2D eigenvalue weighted by atomic mass is 10.0. The van der Waals surface area contributed by atoms with Crippen LogP contribution >= 0.6 is 0 Å². The molecule has 0 bridgehead atoms. The lowest BCUT2D eigenvalue weighted by Crippen LogP contribution is -2.57. The third-order valence-electron chi connectivity index (χ3n) is 6.09. The summed E-state index contributed by atoms with van der Waals surface area (Å²) in [6, 6.07) is 2.10. The minimum atomic E-state index is -1.23. The average Bonchev–Trinajstić information content (AvgIpc) is 3.30. The summed E-state index contributed by atoms with van der Waals surface area (Å²) in [5, 5.41) is 23.7. The number of carboxylic acids is 1. The van der Waals surface area contributed by atoms with Crippen LogP contribution in [0.4, 0.5) is 0 Å². The Morgan fingerprint density at radius 1 is 1.11 bits per heavy atom. The van der Waals surface area contributed by atoms with Gasteiger partial charge in [-0.05, 0) is 49.3 Å². The number of hydrogen-bond acceptors (Lipinski definition) is 7. The van der Waals surface area contributed by atoms with Crippen LogP contribution in [0.15, 0.2) is 24.3 Å². The minimum Gasteiger partial charge on any atom is -0.508 e. The Hall–Kier alpha value is -3.67. The van der Waals surface area contributed by atoms with Crippen molar-refractivity contribution in [2.75, 3.05) is 6.54 Å². The Bertz CT molecular complexity index is 966. The first kappa shape index (κ1) is 28.6. The highest BCUT2D eigenvalue weighted by molar-refractivity contribution is 5.94. The highest BCUT2D eigenvalue weighted by Gasteiger charge is 2.38. The Morgan fingerprint density at radius 3 is 2.31 bits per heavy atom. The van der Waals surface area contributed by atoms with Gasteiger partial charge in [-0.3, -0.25) is 19.2 Å². The van der Waals surface area contributed by atoms with E-state index in [4.69, 9.17) is 11.5 Å². The van der Waals surface area contributed by atoms with E-state index in [-0.39, 0.29) is 25.0 Å². The molecule has 0 aliphatic carbocycles. The van der Waals surface area contributed by atoms with Gasteiger partial charge in [0.1, 0.15) is 23.9 Å². The van der Waals surface area contributed by atoms with Crippen LogP contribution in [0.2, 0.25) is 0 Å². The number of aromatic hydroxyl groups is 1. The first-order chi connectivity index (χ1) is 16.9. The number of hydrogen-bond donors (Lipinski definition) is 6. The molecule has 0 spiro atoms. The number of nitrogens with zero attached hydrogens (tertiary/aromatic N) is 1. The lowest BCUT2D eigenvalue weighted by Gasteiger charge is -2.29. The summed E-state index contributed by atoms with van der Waals surface area (Å²) < 4.78 is 0. The number of likely N-dealkylation sites (tertiary alicyclic amines) is 1. The van der Waals surface area contributed by atoms with Gasteiger partial charge in [0.05, 0.1) is 6.04 Å². The zero-order valence-corrected chi connectivity index (χ0v) is 20.5. The number of carboxylic acid groups (broad SMARTS) is 1. The van der Waals surface area contributed by atoms with Crippen molar-refractivity contribution in [2.24, 2.45) is 17.4 Å². The fourth-order valence-corrected chi connectivity index (χ4v) is 4.08. The van der Waals surface area contributed by atoms with E-state index in [2.05, 4.69) is 10.6 Å². The largest absolute Gasteiger partial charge is 0.508 e. The van der Waals surface area contributed by atoms with Gasteiger partial charge in [0, 0.05) is 13.0 Å². The average molecular weight is 506 g/mol. The van der Waals surface area contributed by atoms with Crippen molar-refractivity contribution in [1.29, 1.82) is 0 Å². The molecule has 4 atom stereocenters. The van der Waals surface area contributed by atoms with E-state index in [1.165, 1.54) is 17.0 Å². The van der Waals surface area contributed by atoms with Crippen molar-refractivity contribution in [3.8, 4) is 5.75 Å². The topological polar surface area (TPSA) is 205 Å². The summed E-state index contributed by atoms with van der Waals surface area (Å²) in [7, 11) is 0. The fraction of sp³-hybridized carbons (Fsp3) is 0.542. The number of benzene rings is 1. The van der Waals surface area contributed by atoms with Crippen molar-refractivity contribution in [2.45, 2.75) is 70.1 Å². The van der Waals surface area contributed by atoms with E-state index >= 15 is 0 Å². The molecule has 4 amide bonds. The molecule has 1 saturated heterocycles. The number of primary amides is 1. The van der Waals surface area contributed by atoms with Gasteiger partial charge < -0.3 is 37.2 Å². The summed E-state index contributed by atoms with van der Waals surface area (Å²) in [6.45, 7) is 3.56. The molecule has 1 aromatic carbocycles. The van der Waals surface area contributed by atoms with Gasteiger partial charge in [0.2, 0.25) is 23.6 Å². The molecule has 8 N–H and O–H groups in total. The van der Waals surface area contributed by atoms with Gasteiger partial charge in [-0.25, -0.2) is 4.79 Å². The predicted molar refractivity (Wildman–Crippen MR) is 129 cm³/mol. The predicted octanol–water partition coefficient (Wildman–Crippen LogP) is -0.771. The molecular formula is C24H35N5O7. The smallest absolute Gasteiger partial charge is 0.326 e. The number of carbonyl (C=O) groups is 5. The number of phenols is 1. The summed E-state index contributed by atoms with van der Waals surface area (Å²) in [5.41, 5.74) is 12.1. The number of amides is 4. The van der Waals surface area contributed by atoms with E-state index in [1.54, 1.807) is 26.0 Å². The molecule has 1 fully saturated rings. The molecule has 12 heteroatoms. The van der Waals surface area contributed by atoms with Gasteiger partial charge in [-0.15, -0.1) is 0 Å². The van der Waals surface area contributed by atoms with E-state index in [0.717, 1.165) is 5.56 Å².